The molecule has 4 nitrogen and oxygen atoms in total. The van der Waals surface area contributed by atoms with E-state index >= 15 is 0 Å². The van der Waals surface area contributed by atoms with Gasteiger partial charge in [0.05, 0.1) is 33.0 Å². The van der Waals surface area contributed by atoms with Crippen LogP contribution in [0.15, 0.2) is 0 Å². The summed E-state index contributed by atoms with van der Waals surface area (Å²) in [7, 11) is 1.70. The Morgan fingerprint density at radius 3 is 2.00 bits per heavy atom. The number of aliphatic hydroxyl groups is 1. The second-order valence-electron chi connectivity index (χ2n) is 3.90. The van der Waals surface area contributed by atoms with Gasteiger partial charge in [0, 0.05) is 12.5 Å². The Morgan fingerprint density at radius 2 is 2.00 bits per heavy atom. The molecule has 0 aromatic carbocycles. The van der Waals surface area contributed by atoms with Crippen LogP contribution in [0.1, 0.15) is 13.3 Å². The van der Waals surface area contributed by atoms with Crippen LogP contribution in [0.3, 0.4) is 0 Å². The molecule has 0 amide bonds. The zero-order valence-electron chi connectivity index (χ0n) is 8.99. The highest BCUT2D eigenvalue weighted by molar-refractivity contribution is 4.82. The molecule has 2 saturated heterocycles. The molecule has 0 aromatic heterocycles. The van der Waals surface area contributed by atoms with Gasteiger partial charge in [-0.15, -0.1) is 0 Å². The highest BCUT2D eigenvalue weighted by atomic mass is 16.6. The van der Waals surface area contributed by atoms with Crippen LogP contribution >= 0.6 is 0 Å². The number of ether oxygens (including phenoxy) is 3. The number of methoxy groups -OCH3 is 1. The summed E-state index contributed by atoms with van der Waals surface area (Å²) < 4.78 is 14.6. The molecule has 0 radical (unpaired) electrons. The molecule has 0 saturated carbocycles. The molecule has 2 aliphatic rings. The summed E-state index contributed by atoms with van der Waals surface area (Å²) in [5.74, 6) is 0. The normalized spacial score (nSPS) is 24.2. The molecule has 0 bridgehead atoms. The highest BCUT2D eigenvalue weighted by Gasteiger charge is 2.35. The van der Waals surface area contributed by atoms with Crippen molar-refractivity contribution in [3.05, 3.63) is 0 Å². The van der Waals surface area contributed by atoms with E-state index < -0.39 is 0 Å². The van der Waals surface area contributed by atoms with Gasteiger partial charge in [0.1, 0.15) is 6.10 Å². The van der Waals surface area contributed by atoms with Crippen LogP contribution < -0.4 is 0 Å². The predicted molar refractivity (Wildman–Crippen MR) is 52.2 cm³/mol. The van der Waals surface area contributed by atoms with Gasteiger partial charge in [-0.05, 0) is 6.42 Å². The molecule has 0 aromatic rings. The minimum atomic E-state index is 0.139. The lowest BCUT2D eigenvalue weighted by atomic mass is 9.84. The van der Waals surface area contributed by atoms with Crippen LogP contribution in [0.25, 0.3) is 0 Å². The summed E-state index contributed by atoms with van der Waals surface area (Å²) in [4.78, 5) is 0. The van der Waals surface area contributed by atoms with Crippen molar-refractivity contribution in [1.82, 2.24) is 0 Å². The Hall–Kier alpha value is -0.160. The molecule has 1 N–H and O–H groups in total. The van der Waals surface area contributed by atoms with E-state index in [9.17, 15) is 0 Å². The Morgan fingerprint density at radius 1 is 1.36 bits per heavy atom. The lowest BCUT2D eigenvalue weighted by Crippen LogP contribution is -2.44. The van der Waals surface area contributed by atoms with Crippen LogP contribution in [0.2, 0.25) is 0 Å². The third-order valence-electron chi connectivity index (χ3n) is 2.84. The van der Waals surface area contributed by atoms with E-state index in [1.807, 2.05) is 0 Å². The molecule has 14 heavy (non-hydrogen) atoms. The van der Waals surface area contributed by atoms with Crippen molar-refractivity contribution in [3.8, 4) is 0 Å². The maximum absolute atomic E-state index is 8.76. The summed E-state index contributed by atoms with van der Waals surface area (Å²) in [6, 6.07) is 0. The molecule has 4 heteroatoms. The first-order valence-corrected chi connectivity index (χ1v) is 5.05. The molecule has 2 aliphatic heterocycles. The van der Waals surface area contributed by atoms with E-state index in [4.69, 9.17) is 19.3 Å². The number of rotatable bonds is 3. The summed E-state index contributed by atoms with van der Waals surface area (Å²) in [6.07, 6.45) is 1.42. The van der Waals surface area contributed by atoms with E-state index in [1.54, 1.807) is 7.11 Å². The SMILES string of the molecule is CCC1(CO)COC1.COC1COC1. The smallest absolute Gasteiger partial charge is 0.104 e. The Kier molecular flexibility index (Phi) is 4.81. The van der Waals surface area contributed by atoms with E-state index in [-0.39, 0.29) is 12.0 Å². The fourth-order valence-corrected chi connectivity index (χ4v) is 1.15. The maximum atomic E-state index is 8.76. The monoisotopic (exact) mass is 204 g/mol. The Balaban J connectivity index is 0.000000146. The Labute approximate surface area is 85.2 Å². The molecule has 2 fully saturated rings. The van der Waals surface area contributed by atoms with Crippen molar-refractivity contribution in [1.29, 1.82) is 0 Å². The van der Waals surface area contributed by atoms with Gasteiger partial charge in [-0.25, -0.2) is 0 Å². The van der Waals surface area contributed by atoms with Gasteiger partial charge in [0.25, 0.3) is 0 Å². The van der Waals surface area contributed by atoms with Crippen LogP contribution in [-0.2, 0) is 14.2 Å². The van der Waals surface area contributed by atoms with E-state index in [0.29, 0.717) is 6.10 Å². The third kappa shape index (κ3) is 2.92. The zero-order chi connectivity index (χ0) is 10.4. The standard InChI is InChI=1S/C6H12O2.C4H8O2/c1-2-6(3-7)4-8-5-6;1-5-4-2-6-3-4/h7H,2-5H2,1H3;4H,2-3H2,1H3. The Bertz CT molecular complexity index is 136. The van der Waals surface area contributed by atoms with Crippen molar-refractivity contribution < 1.29 is 19.3 Å². The molecule has 0 aliphatic carbocycles. The van der Waals surface area contributed by atoms with Crippen LogP contribution in [0.5, 0.6) is 0 Å². The molecule has 0 atom stereocenters. The summed E-state index contributed by atoms with van der Waals surface area (Å²) in [5, 5.41) is 8.76. The average Bonchev–Trinajstić information content (AvgIpc) is 2.03. The topological polar surface area (TPSA) is 47.9 Å². The minimum absolute atomic E-state index is 0.139. The fraction of sp³-hybridized carbons (Fsp3) is 1.00. The van der Waals surface area contributed by atoms with Gasteiger partial charge < -0.3 is 19.3 Å². The number of hydrogen-bond acceptors (Lipinski definition) is 4. The van der Waals surface area contributed by atoms with E-state index in [0.717, 1.165) is 32.8 Å². The van der Waals surface area contributed by atoms with Crippen molar-refractivity contribution in [2.24, 2.45) is 5.41 Å². The molecule has 84 valence electrons. The predicted octanol–water partition coefficient (Wildman–Crippen LogP) is 0.437. The zero-order valence-corrected chi connectivity index (χ0v) is 8.99. The molecule has 0 unspecified atom stereocenters. The number of hydrogen-bond donors (Lipinski definition) is 1. The van der Waals surface area contributed by atoms with Crippen molar-refractivity contribution in [2.45, 2.75) is 19.4 Å². The van der Waals surface area contributed by atoms with Gasteiger partial charge in [0.15, 0.2) is 0 Å². The molecular formula is C10H20O4. The van der Waals surface area contributed by atoms with Crippen LogP contribution in [0.4, 0.5) is 0 Å². The summed E-state index contributed by atoms with van der Waals surface area (Å²) >= 11 is 0. The third-order valence-corrected chi connectivity index (χ3v) is 2.84. The first-order valence-electron chi connectivity index (χ1n) is 5.05. The first-order chi connectivity index (χ1) is 6.76. The largest absolute Gasteiger partial charge is 0.396 e. The van der Waals surface area contributed by atoms with Gasteiger partial charge >= 0.3 is 0 Å². The molecule has 2 heterocycles. The summed E-state index contributed by atoms with van der Waals surface area (Å²) in [5.41, 5.74) is 0.139. The van der Waals surface area contributed by atoms with Gasteiger partial charge in [-0.2, -0.15) is 0 Å². The van der Waals surface area contributed by atoms with Crippen LogP contribution in [0, 0.1) is 5.41 Å². The number of aliphatic hydroxyl groups excluding tert-OH is 1. The van der Waals surface area contributed by atoms with Gasteiger partial charge in [-0.1, -0.05) is 6.92 Å². The van der Waals surface area contributed by atoms with Gasteiger partial charge in [0.2, 0.25) is 0 Å². The van der Waals surface area contributed by atoms with Crippen LogP contribution in [-0.4, -0.2) is 51.4 Å². The van der Waals surface area contributed by atoms with Crippen molar-refractivity contribution in [3.63, 3.8) is 0 Å². The van der Waals surface area contributed by atoms with Gasteiger partial charge in [-0.3, -0.25) is 0 Å². The second kappa shape index (κ2) is 5.66. The maximum Gasteiger partial charge on any atom is 0.104 e. The minimum Gasteiger partial charge on any atom is -0.396 e. The van der Waals surface area contributed by atoms with Crippen molar-refractivity contribution >= 4 is 0 Å². The lowest BCUT2D eigenvalue weighted by molar-refractivity contribution is -0.138. The molecular weight excluding hydrogens is 184 g/mol. The first kappa shape index (κ1) is 11.9. The summed E-state index contributed by atoms with van der Waals surface area (Å²) in [6.45, 7) is 5.44. The lowest BCUT2D eigenvalue weighted by Gasteiger charge is -2.38. The molecule has 0 spiro atoms. The average molecular weight is 204 g/mol. The van der Waals surface area contributed by atoms with Crippen molar-refractivity contribution in [2.75, 3.05) is 40.1 Å². The molecule has 2 rings (SSSR count). The quantitative estimate of drug-likeness (QED) is 0.724. The van der Waals surface area contributed by atoms with E-state index in [2.05, 4.69) is 6.92 Å². The highest BCUT2D eigenvalue weighted by Crippen LogP contribution is 2.29. The fourth-order valence-electron chi connectivity index (χ4n) is 1.15. The second-order valence-corrected chi connectivity index (χ2v) is 3.90. The van der Waals surface area contributed by atoms with E-state index in [1.165, 1.54) is 0 Å².